The first-order valence-corrected chi connectivity index (χ1v) is 4.88. The summed E-state index contributed by atoms with van der Waals surface area (Å²) in [5.41, 5.74) is 2.33. The van der Waals surface area contributed by atoms with Crippen molar-refractivity contribution in [2.45, 2.75) is 20.5 Å². The molecule has 0 unspecified atom stereocenters. The summed E-state index contributed by atoms with van der Waals surface area (Å²) in [6.07, 6.45) is 1.63. The van der Waals surface area contributed by atoms with Gasteiger partial charge in [-0.1, -0.05) is 0 Å². The van der Waals surface area contributed by atoms with Crippen LogP contribution >= 0.6 is 0 Å². The lowest BCUT2D eigenvalue weighted by Crippen LogP contribution is -2.03. The third-order valence-electron chi connectivity index (χ3n) is 2.25. The van der Waals surface area contributed by atoms with Crippen molar-refractivity contribution in [3.63, 3.8) is 0 Å². The molecule has 0 atom stereocenters. The molecule has 0 aliphatic heterocycles. The fourth-order valence-electron chi connectivity index (χ4n) is 1.66. The molecule has 0 spiro atoms. The maximum absolute atomic E-state index is 12.2. The van der Waals surface area contributed by atoms with Crippen LogP contribution in [-0.2, 0) is 0 Å². The Balaban J connectivity index is 2.63. The molecule has 0 saturated heterocycles. The van der Waals surface area contributed by atoms with Gasteiger partial charge < -0.3 is 4.74 Å². The highest BCUT2D eigenvalue weighted by Crippen LogP contribution is 2.27. The predicted molar refractivity (Wildman–Crippen MR) is 57.8 cm³/mol. The highest BCUT2D eigenvalue weighted by molar-refractivity contribution is 5.85. The zero-order valence-corrected chi connectivity index (χ0v) is 9.00. The van der Waals surface area contributed by atoms with Gasteiger partial charge in [0, 0.05) is 11.6 Å². The van der Waals surface area contributed by atoms with Crippen molar-refractivity contribution in [3.05, 3.63) is 35.5 Å². The molecule has 16 heavy (non-hydrogen) atoms. The topological polar surface area (TPSA) is 22.1 Å². The minimum atomic E-state index is -2.83. The van der Waals surface area contributed by atoms with Crippen molar-refractivity contribution in [2.75, 3.05) is 0 Å². The number of benzene rings is 1. The Morgan fingerprint density at radius 1 is 1.12 bits per heavy atom. The van der Waals surface area contributed by atoms with Gasteiger partial charge >= 0.3 is 6.61 Å². The first kappa shape index (κ1) is 10.8. The summed E-state index contributed by atoms with van der Waals surface area (Å²) in [6, 6.07) is 5.36. The quantitative estimate of drug-likeness (QED) is 0.777. The lowest BCUT2D eigenvalue weighted by molar-refractivity contribution is -0.0489. The third-order valence-corrected chi connectivity index (χ3v) is 2.25. The van der Waals surface area contributed by atoms with E-state index in [1.54, 1.807) is 12.3 Å². The molecule has 0 fully saturated rings. The molecule has 0 aliphatic carbocycles. The molecule has 1 aromatic heterocycles. The second-order valence-corrected chi connectivity index (χ2v) is 3.73. The lowest BCUT2D eigenvalue weighted by Gasteiger charge is -2.09. The Bertz CT molecular complexity index is 520. The fourth-order valence-corrected chi connectivity index (χ4v) is 1.66. The smallest absolute Gasteiger partial charge is 0.387 e. The largest absolute Gasteiger partial charge is 0.432 e. The highest BCUT2D eigenvalue weighted by Gasteiger charge is 2.10. The van der Waals surface area contributed by atoms with E-state index in [-0.39, 0.29) is 5.75 Å². The summed E-state index contributed by atoms with van der Waals surface area (Å²) in [7, 11) is 0. The molecule has 84 valence electrons. The molecule has 0 saturated carbocycles. The van der Waals surface area contributed by atoms with Crippen LogP contribution in [0.1, 0.15) is 11.1 Å². The van der Waals surface area contributed by atoms with E-state index in [0.717, 1.165) is 16.5 Å². The second kappa shape index (κ2) is 4.04. The molecule has 1 heterocycles. The number of nitrogens with zero attached hydrogens (tertiary/aromatic N) is 1. The van der Waals surface area contributed by atoms with Gasteiger partial charge in [0.05, 0.1) is 0 Å². The summed E-state index contributed by atoms with van der Waals surface area (Å²) in [4.78, 5) is 4.12. The Hall–Kier alpha value is -1.71. The summed E-state index contributed by atoms with van der Waals surface area (Å²) in [5, 5.41) is 0.815. The van der Waals surface area contributed by atoms with E-state index >= 15 is 0 Å². The molecule has 1 aromatic carbocycles. The first-order chi connectivity index (χ1) is 7.56. The average Bonchev–Trinajstić information content (AvgIpc) is 2.15. The van der Waals surface area contributed by atoms with Crippen LogP contribution in [-0.4, -0.2) is 11.6 Å². The van der Waals surface area contributed by atoms with Crippen molar-refractivity contribution in [2.24, 2.45) is 0 Å². The van der Waals surface area contributed by atoms with E-state index in [2.05, 4.69) is 9.72 Å². The number of hydrogen-bond acceptors (Lipinski definition) is 2. The number of pyridine rings is 1. The van der Waals surface area contributed by atoms with Gasteiger partial charge in [0.1, 0.15) is 5.52 Å². The SMILES string of the molecule is Cc1cnc2c(OC(F)F)cc(C)cc2c1. The van der Waals surface area contributed by atoms with Crippen molar-refractivity contribution < 1.29 is 13.5 Å². The molecule has 0 radical (unpaired) electrons. The number of ether oxygens (including phenoxy) is 1. The molecular weight excluding hydrogens is 212 g/mol. The number of alkyl halides is 2. The average molecular weight is 223 g/mol. The molecule has 0 N–H and O–H groups in total. The van der Waals surface area contributed by atoms with Crippen LogP contribution in [0.25, 0.3) is 10.9 Å². The molecule has 0 bridgehead atoms. The van der Waals surface area contributed by atoms with Crippen LogP contribution in [0.15, 0.2) is 24.4 Å². The molecular formula is C12H11F2NO. The molecule has 2 nitrogen and oxygen atoms in total. The van der Waals surface area contributed by atoms with Gasteiger partial charge in [-0.3, -0.25) is 4.98 Å². The van der Waals surface area contributed by atoms with E-state index < -0.39 is 6.61 Å². The normalized spacial score (nSPS) is 11.1. The minimum absolute atomic E-state index is 0.130. The second-order valence-electron chi connectivity index (χ2n) is 3.73. The monoisotopic (exact) mass is 223 g/mol. The summed E-state index contributed by atoms with van der Waals surface area (Å²) < 4.78 is 28.9. The van der Waals surface area contributed by atoms with Crippen LogP contribution in [0.3, 0.4) is 0 Å². The number of rotatable bonds is 2. The van der Waals surface area contributed by atoms with Crippen LogP contribution in [0.2, 0.25) is 0 Å². The van der Waals surface area contributed by atoms with Gasteiger partial charge in [-0.15, -0.1) is 0 Å². The lowest BCUT2D eigenvalue weighted by atomic mass is 10.1. The van der Waals surface area contributed by atoms with Crippen molar-refractivity contribution in [3.8, 4) is 5.75 Å². The summed E-state index contributed by atoms with van der Waals surface area (Å²) in [5.74, 6) is 0.130. The van der Waals surface area contributed by atoms with Crippen LogP contribution < -0.4 is 4.74 Å². The minimum Gasteiger partial charge on any atom is -0.432 e. The number of hydrogen-bond donors (Lipinski definition) is 0. The Morgan fingerprint density at radius 3 is 2.50 bits per heavy atom. The molecule has 0 aliphatic rings. The predicted octanol–water partition coefficient (Wildman–Crippen LogP) is 3.45. The van der Waals surface area contributed by atoms with Gasteiger partial charge in [-0.05, 0) is 43.2 Å². The number of aryl methyl sites for hydroxylation is 2. The van der Waals surface area contributed by atoms with Gasteiger partial charge in [0.15, 0.2) is 5.75 Å². The van der Waals surface area contributed by atoms with E-state index in [9.17, 15) is 8.78 Å². The van der Waals surface area contributed by atoms with Crippen molar-refractivity contribution in [1.82, 2.24) is 4.98 Å². The van der Waals surface area contributed by atoms with Crippen LogP contribution in [0.5, 0.6) is 5.75 Å². The number of halogens is 2. The number of fused-ring (bicyclic) bond motifs is 1. The molecule has 0 amide bonds. The molecule has 2 aromatic rings. The highest BCUT2D eigenvalue weighted by atomic mass is 19.3. The zero-order chi connectivity index (χ0) is 11.7. The third kappa shape index (κ3) is 2.10. The van der Waals surface area contributed by atoms with Gasteiger partial charge in [0.2, 0.25) is 0 Å². The zero-order valence-electron chi connectivity index (χ0n) is 9.00. The van der Waals surface area contributed by atoms with Crippen LogP contribution in [0.4, 0.5) is 8.78 Å². The fraction of sp³-hybridized carbons (Fsp3) is 0.250. The van der Waals surface area contributed by atoms with E-state index in [4.69, 9.17) is 0 Å². The molecule has 2 rings (SSSR count). The van der Waals surface area contributed by atoms with Gasteiger partial charge in [-0.2, -0.15) is 8.78 Å². The summed E-state index contributed by atoms with van der Waals surface area (Å²) in [6.45, 7) is 0.913. The maximum Gasteiger partial charge on any atom is 0.387 e. The Morgan fingerprint density at radius 2 is 1.81 bits per heavy atom. The first-order valence-electron chi connectivity index (χ1n) is 4.88. The van der Waals surface area contributed by atoms with E-state index in [1.165, 1.54) is 0 Å². The molecule has 4 heteroatoms. The maximum atomic E-state index is 12.2. The van der Waals surface area contributed by atoms with E-state index in [1.807, 2.05) is 26.0 Å². The van der Waals surface area contributed by atoms with Gasteiger partial charge in [0.25, 0.3) is 0 Å². The standard InChI is InChI=1S/C12H11F2NO/c1-7-3-9-4-8(2)6-15-11(9)10(5-7)16-12(13)14/h3-6,12H,1-2H3. The van der Waals surface area contributed by atoms with Crippen molar-refractivity contribution in [1.29, 1.82) is 0 Å². The van der Waals surface area contributed by atoms with Crippen LogP contribution in [0, 0.1) is 13.8 Å². The van der Waals surface area contributed by atoms with Gasteiger partial charge in [-0.25, -0.2) is 0 Å². The van der Waals surface area contributed by atoms with Crippen molar-refractivity contribution >= 4 is 10.9 Å². The Kier molecular flexibility index (Phi) is 2.73. The summed E-state index contributed by atoms with van der Waals surface area (Å²) >= 11 is 0. The number of aromatic nitrogens is 1. The van der Waals surface area contributed by atoms with E-state index in [0.29, 0.717) is 5.52 Å². The Labute approximate surface area is 91.9 Å².